The second kappa shape index (κ2) is 7.89. The lowest BCUT2D eigenvalue weighted by Gasteiger charge is -2.08. The number of anilines is 2. The third kappa shape index (κ3) is 7.00. The van der Waals surface area contributed by atoms with Gasteiger partial charge in [-0.25, -0.2) is 8.42 Å². The molecule has 1 aromatic rings. The Bertz CT molecular complexity index is 599. The Balaban J connectivity index is 2.51. The third-order valence-corrected chi connectivity index (χ3v) is 4.50. The fourth-order valence-corrected chi connectivity index (χ4v) is 2.48. The van der Waals surface area contributed by atoms with Crippen LogP contribution < -0.4 is 10.0 Å². The topological polar surface area (TPSA) is 113 Å². The molecular formula is C12H16N2O5S2. The number of carboxylic acids is 1. The molecular weight excluding hydrogens is 316 g/mol. The van der Waals surface area contributed by atoms with E-state index in [2.05, 4.69) is 10.0 Å². The number of hydrogen-bond donors (Lipinski definition) is 3. The summed E-state index contributed by atoms with van der Waals surface area (Å²) in [6.07, 6.45) is 0. The molecule has 7 nitrogen and oxygen atoms in total. The summed E-state index contributed by atoms with van der Waals surface area (Å²) in [5.74, 6) is -1.41. The largest absolute Gasteiger partial charge is 0.481 e. The van der Waals surface area contributed by atoms with Crippen LogP contribution in [0.4, 0.5) is 11.4 Å². The molecule has 0 spiro atoms. The predicted octanol–water partition coefficient (Wildman–Crippen LogP) is 1.20. The van der Waals surface area contributed by atoms with E-state index in [1.165, 1.54) is 19.1 Å². The number of rotatable bonds is 8. The summed E-state index contributed by atoms with van der Waals surface area (Å²) in [5.41, 5.74) is 0.922. The Hall–Kier alpha value is -1.74. The molecule has 0 saturated heterocycles. The van der Waals surface area contributed by atoms with Crippen molar-refractivity contribution < 1.29 is 23.1 Å². The van der Waals surface area contributed by atoms with Gasteiger partial charge in [-0.15, -0.1) is 11.8 Å². The van der Waals surface area contributed by atoms with Crippen molar-refractivity contribution in [1.29, 1.82) is 0 Å². The molecule has 3 N–H and O–H groups in total. The number of amides is 1. The maximum absolute atomic E-state index is 11.5. The van der Waals surface area contributed by atoms with Crippen LogP contribution in [0.25, 0.3) is 0 Å². The highest BCUT2D eigenvalue weighted by Crippen LogP contribution is 2.15. The first-order valence-electron chi connectivity index (χ1n) is 6.02. The molecule has 0 fully saturated rings. The van der Waals surface area contributed by atoms with E-state index in [4.69, 9.17) is 5.11 Å². The number of aliphatic carboxylic acids is 1. The van der Waals surface area contributed by atoms with Gasteiger partial charge in [-0.1, -0.05) is 0 Å². The summed E-state index contributed by atoms with van der Waals surface area (Å²) < 4.78 is 25.1. The molecule has 0 radical (unpaired) electrons. The van der Waals surface area contributed by atoms with Gasteiger partial charge in [0.05, 0.1) is 17.3 Å². The molecule has 1 amide bonds. The molecule has 21 heavy (non-hydrogen) atoms. The summed E-state index contributed by atoms with van der Waals surface area (Å²) in [5, 5.41) is 11.0. The first-order valence-corrected chi connectivity index (χ1v) is 8.83. The van der Waals surface area contributed by atoms with Crippen molar-refractivity contribution in [3.8, 4) is 0 Å². The Kier molecular flexibility index (Phi) is 6.50. The van der Waals surface area contributed by atoms with E-state index in [1.54, 1.807) is 12.1 Å². The predicted molar refractivity (Wildman–Crippen MR) is 83.1 cm³/mol. The number of benzene rings is 1. The van der Waals surface area contributed by atoms with Crippen LogP contribution in [0, 0.1) is 0 Å². The van der Waals surface area contributed by atoms with Gasteiger partial charge in [0.15, 0.2) is 0 Å². The Morgan fingerprint density at radius 2 is 1.71 bits per heavy atom. The van der Waals surface area contributed by atoms with Crippen molar-refractivity contribution in [1.82, 2.24) is 0 Å². The second-order valence-electron chi connectivity index (χ2n) is 4.02. The lowest BCUT2D eigenvalue weighted by Crippen LogP contribution is -2.16. The van der Waals surface area contributed by atoms with Gasteiger partial charge >= 0.3 is 5.97 Å². The zero-order chi connectivity index (χ0) is 15.9. The molecule has 1 rings (SSSR count). The van der Waals surface area contributed by atoms with E-state index in [9.17, 15) is 18.0 Å². The summed E-state index contributed by atoms with van der Waals surface area (Å²) in [6, 6.07) is 6.20. The maximum Gasteiger partial charge on any atom is 0.313 e. The number of carbonyl (C=O) groups excluding carboxylic acids is 1. The fraction of sp³-hybridized carbons (Fsp3) is 0.333. The Morgan fingerprint density at radius 1 is 1.14 bits per heavy atom. The average molecular weight is 332 g/mol. The molecule has 9 heteroatoms. The van der Waals surface area contributed by atoms with Crippen LogP contribution in [0.5, 0.6) is 0 Å². The van der Waals surface area contributed by atoms with Gasteiger partial charge < -0.3 is 10.4 Å². The van der Waals surface area contributed by atoms with Gasteiger partial charge in [0.2, 0.25) is 15.9 Å². The van der Waals surface area contributed by atoms with Gasteiger partial charge in [0.1, 0.15) is 0 Å². The zero-order valence-corrected chi connectivity index (χ0v) is 13.0. The molecule has 0 aliphatic rings. The Morgan fingerprint density at radius 3 is 2.24 bits per heavy atom. The summed E-state index contributed by atoms with van der Waals surface area (Å²) in [4.78, 5) is 21.8. The highest BCUT2D eigenvalue weighted by molar-refractivity contribution is 8.00. The van der Waals surface area contributed by atoms with Gasteiger partial charge in [0, 0.05) is 11.4 Å². The lowest BCUT2D eigenvalue weighted by molar-refractivity contribution is -0.133. The first-order chi connectivity index (χ1) is 9.82. The van der Waals surface area contributed by atoms with E-state index in [0.29, 0.717) is 11.4 Å². The molecule has 0 aliphatic heterocycles. The molecule has 1 aromatic carbocycles. The fourth-order valence-electron chi connectivity index (χ4n) is 1.30. The Labute approximate surface area is 127 Å². The maximum atomic E-state index is 11.5. The monoisotopic (exact) mass is 332 g/mol. The first kappa shape index (κ1) is 17.3. The minimum atomic E-state index is -3.32. The van der Waals surface area contributed by atoms with Gasteiger partial charge in [-0.2, -0.15) is 0 Å². The number of thioether (sulfide) groups is 1. The standard InChI is InChI=1S/C12H16N2O5S2/c1-2-21(18,19)14-10-5-3-9(4-6-10)13-11(15)7-20-8-12(16)17/h3-6,14H,2,7-8H2,1H3,(H,13,15)(H,16,17). The van der Waals surface area contributed by atoms with Crippen molar-refractivity contribution in [2.24, 2.45) is 0 Å². The average Bonchev–Trinajstić information content (AvgIpc) is 2.40. The minimum absolute atomic E-state index is 0.0215. The summed E-state index contributed by atoms with van der Waals surface area (Å²) in [7, 11) is -3.32. The highest BCUT2D eigenvalue weighted by Gasteiger charge is 2.07. The number of hydrogen-bond acceptors (Lipinski definition) is 5. The summed E-state index contributed by atoms with van der Waals surface area (Å²) in [6.45, 7) is 1.53. The number of carbonyl (C=O) groups is 2. The molecule has 0 unspecified atom stereocenters. The molecule has 0 heterocycles. The van der Waals surface area contributed by atoms with Crippen molar-refractivity contribution in [3.63, 3.8) is 0 Å². The highest BCUT2D eigenvalue weighted by atomic mass is 32.2. The van der Waals surface area contributed by atoms with Crippen LogP contribution in [-0.2, 0) is 19.6 Å². The zero-order valence-electron chi connectivity index (χ0n) is 11.3. The van der Waals surface area contributed by atoms with E-state index < -0.39 is 16.0 Å². The molecule has 0 aliphatic carbocycles. The van der Waals surface area contributed by atoms with Gasteiger partial charge in [-0.3, -0.25) is 14.3 Å². The molecule has 116 valence electrons. The number of nitrogens with one attached hydrogen (secondary N) is 2. The third-order valence-electron chi connectivity index (χ3n) is 2.28. The lowest BCUT2D eigenvalue weighted by atomic mass is 10.3. The van der Waals surface area contributed by atoms with Crippen molar-refractivity contribution in [2.75, 3.05) is 27.3 Å². The van der Waals surface area contributed by atoms with Gasteiger partial charge in [0.25, 0.3) is 0 Å². The minimum Gasteiger partial charge on any atom is -0.481 e. The van der Waals surface area contributed by atoms with Gasteiger partial charge in [-0.05, 0) is 31.2 Å². The van der Waals surface area contributed by atoms with E-state index in [1.807, 2.05) is 0 Å². The smallest absolute Gasteiger partial charge is 0.313 e. The van der Waals surface area contributed by atoms with Crippen LogP contribution in [0.1, 0.15) is 6.92 Å². The van der Waals surface area contributed by atoms with Crippen LogP contribution in [0.3, 0.4) is 0 Å². The van der Waals surface area contributed by atoms with Crippen LogP contribution >= 0.6 is 11.8 Å². The van der Waals surface area contributed by atoms with Crippen LogP contribution in [-0.4, -0.2) is 42.7 Å². The quantitative estimate of drug-likeness (QED) is 0.659. The second-order valence-corrected chi connectivity index (χ2v) is 7.01. The van der Waals surface area contributed by atoms with Crippen molar-refractivity contribution in [2.45, 2.75) is 6.92 Å². The summed E-state index contributed by atoms with van der Waals surface area (Å²) >= 11 is 0.999. The van der Waals surface area contributed by atoms with E-state index in [-0.39, 0.29) is 23.2 Å². The molecule has 0 aromatic heterocycles. The number of sulfonamides is 1. The van der Waals surface area contributed by atoms with Crippen LogP contribution in [0.2, 0.25) is 0 Å². The van der Waals surface area contributed by atoms with E-state index in [0.717, 1.165) is 11.8 Å². The molecule has 0 saturated carbocycles. The SMILES string of the molecule is CCS(=O)(=O)Nc1ccc(NC(=O)CSCC(=O)O)cc1. The molecule has 0 bridgehead atoms. The molecule has 0 atom stereocenters. The number of carboxylic acid groups (broad SMARTS) is 1. The van der Waals surface area contributed by atoms with Crippen molar-refractivity contribution >= 4 is 45.0 Å². The van der Waals surface area contributed by atoms with E-state index >= 15 is 0 Å². The normalized spacial score (nSPS) is 10.9. The van der Waals surface area contributed by atoms with Crippen LogP contribution in [0.15, 0.2) is 24.3 Å². The van der Waals surface area contributed by atoms with Crippen molar-refractivity contribution in [3.05, 3.63) is 24.3 Å².